The van der Waals surface area contributed by atoms with Gasteiger partial charge in [-0.25, -0.2) is 0 Å². The molecule has 1 unspecified atom stereocenters. The SMILES string of the molecule is C=CC(/C=C/C(=O)NCCC1[C@H]2CN(c3ccc4ccncc4c3)C[C@@H]12)=C\C=C/C.[HH]. The van der Waals surface area contributed by atoms with Gasteiger partial charge in [0.15, 0.2) is 0 Å². The number of fused-ring (bicyclic) bond motifs is 2. The van der Waals surface area contributed by atoms with Gasteiger partial charge in [0.2, 0.25) is 5.91 Å². The zero-order valence-corrected chi connectivity index (χ0v) is 17.5. The first-order chi connectivity index (χ1) is 14.7. The Kier molecular flexibility index (Phi) is 6.12. The van der Waals surface area contributed by atoms with E-state index in [1.165, 1.54) is 16.5 Å². The average Bonchev–Trinajstić information content (AvgIpc) is 3.21. The molecule has 1 aliphatic heterocycles. The van der Waals surface area contributed by atoms with E-state index in [1.807, 2.05) is 37.5 Å². The molecule has 156 valence electrons. The van der Waals surface area contributed by atoms with Gasteiger partial charge < -0.3 is 10.2 Å². The van der Waals surface area contributed by atoms with Crippen LogP contribution in [0.3, 0.4) is 0 Å². The Bertz CT molecular complexity index is 1010. The van der Waals surface area contributed by atoms with Crippen LogP contribution >= 0.6 is 0 Å². The number of anilines is 1. The van der Waals surface area contributed by atoms with Crippen molar-refractivity contribution in [3.8, 4) is 0 Å². The van der Waals surface area contributed by atoms with Crippen molar-refractivity contribution in [3.63, 3.8) is 0 Å². The summed E-state index contributed by atoms with van der Waals surface area (Å²) in [5.74, 6) is 2.22. The highest BCUT2D eigenvalue weighted by atomic mass is 16.1. The molecule has 1 aromatic heterocycles. The van der Waals surface area contributed by atoms with Crippen LogP contribution in [0.25, 0.3) is 10.8 Å². The van der Waals surface area contributed by atoms with Crippen LogP contribution in [0, 0.1) is 17.8 Å². The Morgan fingerprint density at radius 1 is 1.27 bits per heavy atom. The Morgan fingerprint density at radius 2 is 2.10 bits per heavy atom. The fourth-order valence-electron chi connectivity index (χ4n) is 4.55. The molecule has 0 radical (unpaired) electrons. The Hall–Kier alpha value is -3.14. The number of nitrogens with zero attached hydrogens (tertiary/aromatic N) is 2. The number of aromatic nitrogens is 1. The van der Waals surface area contributed by atoms with Gasteiger partial charge in [0.25, 0.3) is 0 Å². The number of benzene rings is 1. The largest absolute Gasteiger partial charge is 0.371 e. The van der Waals surface area contributed by atoms with Crippen molar-refractivity contribution in [1.29, 1.82) is 0 Å². The number of carbonyl (C=O) groups excluding carboxylic acids is 1. The highest BCUT2D eigenvalue weighted by molar-refractivity contribution is 5.88. The second-order valence-electron chi connectivity index (χ2n) is 8.11. The Balaban J connectivity index is 0.00000272. The minimum Gasteiger partial charge on any atom is -0.371 e. The van der Waals surface area contributed by atoms with Crippen LogP contribution in [0.1, 0.15) is 14.8 Å². The smallest absolute Gasteiger partial charge is 0.243 e. The van der Waals surface area contributed by atoms with Crippen LogP contribution in [0.15, 0.2) is 85.3 Å². The minimum atomic E-state index is -0.0413. The van der Waals surface area contributed by atoms with Crippen LogP contribution in [-0.4, -0.2) is 30.5 Å². The van der Waals surface area contributed by atoms with Crippen LogP contribution < -0.4 is 10.2 Å². The number of allylic oxidation sites excluding steroid dienone is 6. The molecule has 2 aromatic rings. The van der Waals surface area contributed by atoms with Crippen molar-refractivity contribution in [3.05, 3.63) is 85.3 Å². The van der Waals surface area contributed by atoms with E-state index >= 15 is 0 Å². The van der Waals surface area contributed by atoms with Gasteiger partial charge in [-0.1, -0.05) is 36.9 Å². The molecule has 4 rings (SSSR count). The van der Waals surface area contributed by atoms with Crippen molar-refractivity contribution in [2.45, 2.75) is 13.3 Å². The summed E-state index contributed by atoms with van der Waals surface area (Å²) in [6.07, 6.45) is 15.8. The average molecular weight is 402 g/mol. The van der Waals surface area contributed by atoms with Gasteiger partial charge >= 0.3 is 0 Å². The molecule has 3 atom stereocenters. The van der Waals surface area contributed by atoms with Crippen LogP contribution in [0.5, 0.6) is 0 Å². The van der Waals surface area contributed by atoms with E-state index in [1.54, 1.807) is 18.2 Å². The molecule has 0 spiro atoms. The summed E-state index contributed by atoms with van der Waals surface area (Å²) in [6, 6.07) is 8.70. The van der Waals surface area contributed by atoms with Gasteiger partial charge in [-0.3, -0.25) is 9.78 Å². The lowest BCUT2D eigenvalue weighted by molar-refractivity contribution is -0.116. The maximum atomic E-state index is 12.0. The molecular weight excluding hydrogens is 370 g/mol. The highest BCUT2D eigenvalue weighted by Gasteiger charge is 2.54. The first-order valence-corrected chi connectivity index (χ1v) is 10.7. The van der Waals surface area contributed by atoms with E-state index in [2.05, 4.69) is 46.0 Å². The minimum absolute atomic E-state index is 0. The van der Waals surface area contributed by atoms with Crippen LogP contribution in [0.2, 0.25) is 0 Å². The summed E-state index contributed by atoms with van der Waals surface area (Å²) in [6.45, 7) is 8.70. The molecule has 30 heavy (non-hydrogen) atoms. The van der Waals surface area contributed by atoms with Gasteiger partial charge in [0.05, 0.1) is 0 Å². The molecular formula is C26H31N3O. The molecule has 0 bridgehead atoms. The molecule has 1 saturated carbocycles. The number of carbonyl (C=O) groups is 1. The first-order valence-electron chi connectivity index (χ1n) is 10.7. The van der Waals surface area contributed by atoms with Gasteiger partial charge in [-0.15, -0.1) is 0 Å². The van der Waals surface area contributed by atoms with Gasteiger partial charge in [0, 0.05) is 50.6 Å². The summed E-state index contributed by atoms with van der Waals surface area (Å²) in [7, 11) is 0. The zero-order valence-electron chi connectivity index (χ0n) is 17.5. The third-order valence-corrected chi connectivity index (χ3v) is 6.28. The quantitative estimate of drug-likeness (QED) is 0.505. The van der Waals surface area contributed by atoms with E-state index in [0.29, 0.717) is 0 Å². The second kappa shape index (κ2) is 9.12. The lowest BCUT2D eigenvalue weighted by Gasteiger charge is -2.22. The van der Waals surface area contributed by atoms with Crippen molar-refractivity contribution in [1.82, 2.24) is 10.3 Å². The van der Waals surface area contributed by atoms with E-state index < -0.39 is 0 Å². The third kappa shape index (κ3) is 4.54. The fraction of sp³-hybridized carbons (Fsp3) is 0.308. The van der Waals surface area contributed by atoms with E-state index in [-0.39, 0.29) is 7.33 Å². The molecule has 4 nitrogen and oxygen atoms in total. The summed E-state index contributed by atoms with van der Waals surface area (Å²) >= 11 is 0. The fourth-order valence-corrected chi connectivity index (χ4v) is 4.55. The third-order valence-electron chi connectivity index (χ3n) is 6.28. The molecule has 1 amide bonds. The number of amides is 1. The van der Waals surface area contributed by atoms with Crippen molar-refractivity contribution in [2.75, 3.05) is 24.5 Å². The summed E-state index contributed by atoms with van der Waals surface area (Å²) in [4.78, 5) is 18.8. The number of nitrogens with one attached hydrogen (secondary N) is 1. The Labute approximate surface area is 180 Å². The summed E-state index contributed by atoms with van der Waals surface area (Å²) in [5, 5.41) is 5.45. The van der Waals surface area contributed by atoms with E-state index in [9.17, 15) is 4.79 Å². The predicted octanol–water partition coefficient (Wildman–Crippen LogP) is 4.91. The topological polar surface area (TPSA) is 45.2 Å². The molecule has 2 fully saturated rings. The second-order valence-corrected chi connectivity index (χ2v) is 8.11. The van der Waals surface area contributed by atoms with Crippen molar-refractivity contribution < 1.29 is 6.22 Å². The summed E-state index contributed by atoms with van der Waals surface area (Å²) in [5.41, 5.74) is 2.22. The molecule has 2 heterocycles. The zero-order chi connectivity index (χ0) is 20.9. The predicted molar refractivity (Wildman–Crippen MR) is 126 cm³/mol. The van der Waals surface area contributed by atoms with Crippen molar-refractivity contribution >= 4 is 22.4 Å². The number of hydrogen-bond acceptors (Lipinski definition) is 3. The normalized spacial score (nSPS) is 23.3. The monoisotopic (exact) mass is 401 g/mol. The maximum absolute atomic E-state index is 12.0. The van der Waals surface area contributed by atoms with Gasteiger partial charge in [0.1, 0.15) is 0 Å². The maximum Gasteiger partial charge on any atom is 0.243 e. The lowest BCUT2D eigenvalue weighted by Crippen LogP contribution is -2.26. The molecule has 2 aliphatic rings. The van der Waals surface area contributed by atoms with E-state index in [0.717, 1.165) is 49.4 Å². The molecule has 1 saturated heterocycles. The van der Waals surface area contributed by atoms with Crippen LogP contribution in [-0.2, 0) is 4.79 Å². The molecule has 4 heteroatoms. The Morgan fingerprint density at radius 3 is 2.87 bits per heavy atom. The highest BCUT2D eigenvalue weighted by Crippen LogP contribution is 2.54. The number of hydrogen-bond donors (Lipinski definition) is 1. The van der Waals surface area contributed by atoms with Crippen LogP contribution in [0.4, 0.5) is 5.69 Å². The standard InChI is InChI=1S/C26H29N3O.H2/c1-3-5-6-19(4-2)7-10-26(30)28-14-12-23-24-17-29(18-25(23)24)22-9-8-20-11-13-27-16-21(20)15-22;/h3-11,13,15-16,23-25H,2,12,14,17-18H2,1H3,(H,28,30);1H/b5-3-,10-7+,19-6+;/t23?,24-,25+;. The van der Waals surface area contributed by atoms with Gasteiger partial charge in [-0.05, 0) is 66.3 Å². The van der Waals surface area contributed by atoms with Gasteiger partial charge in [-0.2, -0.15) is 0 Å². The molecule has 1 aromatic carbocycles. The number of piperidine rings is 1. The summed E-state index contributed by atoms with van der Waals surface area (Å²) < 4.78 is 0. The first kappa shape index (κ1) is 20.1. The lowest BCUT2D eigenvalue weighted by atomic mass is 10.1. The van der Waals surface area contributed by atoms with E-state index in [4.69, 9.17) is 0 Å². The number of rotatable bonds is 8. The molecule has 1 N–H and O–H groups in total. The molecule has 1 aliphatic carbocycles. The van der Waals surface area contributed by atoms with Crippen molar-refractivity contribution in [2.24, 2.45) is 17.8 Å². The number of pyridine rings is 1.